The fourth-order valence-corrected chi connectivity index (χ4v) is 4.47. The molecule has 0 radical (unpaired) electrons. The monoisotopic (exact) mass is 601 g/mol. The van der Waals surface area contributed by atoms with Gasteiger partial charge in [-0.2, -0.15) is 9.78 Å². The van der Waals surface area contributed by atoms with Crippen molar-refractivity contribution in [1.29, 1.82) is 0 Å². The van der Waals surface area contributed by atoms with Crippen LogP contribution in [0.4, 0.5) is 0 Å². The minimum absolute atomic E-state index is 0.0316. The smallest absolute Gasteiger partial charge is 0.282 e. The molecular formula is C28H26BrCl2N3O3. The molecule has 0 unspecified atom stereocenters. The third kappa shape index (κ3) is 6.35. The highest BCUT2D eigenvalue weighted by Crippen LogP contribution is 2.37. The van der Waals surface area contributed by atoms with Crippen LogP contribution in [0.1, 0.15) is 50.1 Å². The predicted octanol–water partition coefficient (Wildman–Crippen LogP) is 7.84. The fourth-order valence-electron chi connectivity index (χ4n) is 3.71. The Balaban J connectivity index is 1.71. The minimum atomic E-state index is -0.239. The number of hydrogen-bond donors (Lipinski definition) is 0. The van der Waals surface area contributed by atoms with Crippen LogP contribution >= 0.6 is 39.1 Å². The summed E-state index contributed by atoms with van der Waals surface area (Å²) in [6, 6.07) is 16.4. The van der Waals surface area contributed by atoms with Crippen molar-refractivity contribution in [3.63, 3.8) is 0 Å². The molecule has 0 aliphatic heterocycles. The number of benzene rings is 3. The molecule has 9 heteroatoms. The van der Waals surface area contributed by atoms with E-state index in [0.29, 0.717) is 57.0 Å². The van der Waals surface area contributed by atoms with Crippen LogP contribution in [0, 0.1) is 0 Å². The maximum Gasteiger partial charge on any atom is 0.282 e. The first-order valence-corrected chi connectivity index (χ1v) is 13.5. The molecule has 1 atom stereocenters. The molecule has 3 aromatic carbocycles. The van der Waals surface area contributed by atoms with Crippen molar-refractivity contribution in [1.82, 2.24) is 9.66 Å². The summed E-state index contributed by atoms with van der Waals surface area (Å²) in [6.07, 6.45) is 2.39. The Bertz CT molecular complexity index is 1500. The Hall–Kier alpha value is -2.87. The van der Waals surface area contributed by atoms with Gasteiger partial charge in [-0.25, -0.2) is 4.98 Å². The predicted molar refractivity (Wildman–Crippen MR) is 154 cm³/mol. The van der Waals surface area contributed by atoms with Gasteiger partial charge in [0, 0.05) is 15.4 Å². The van der Waals surface area contributed by atoms with E-state index in [1.807, 2.05) is 45.0 Å². The van der Waals surface area contributed by atoms with Gasteiger partial charge in [0.25, 0.3) is 5.56 Å². The summed E-state index contributed by atoms with van der Waals surface area (Å²) >= 11 is 16.0. The molecular weight excluding hydrogens is 577 g/mol. The summed E-state index contributed by atoms with van der Waals surface area (Å²) in [7, 11) is 0. The first-order valence-electron chi connectivity index (χ1n) is 11.9. The molecule has 4 rings (SSSR count). The minimum Gasteiger partial charge on any atom is -0.490 e. The molecule has 0 saturated heterocycles. The number of aromatic nitrogens is 2. The Kier molecular flexibility index (Phi) is 8.90. The summed E-state index contributed by atoms with van der Waals surface area (Å²) in [6.45, 7) is 6.68. The lowest BCUT2D eigenvalue weighted by Crippen LogP contribution is -2.23. The molecule has 0 aliphatic rings. The second kappa shape index (κ2) is 12.1. The lowest BCUT2D eigenvalue weighted by atomic mass is 10.1. The van der Waals surface area contributed by atoms with E-state index < -0.39 is 0 Å². The van der Waals surface area contributed by atoms with Crippen molar-refractivity contribution in [2.45, 2.75) is 39.7 Å². The molecule has 192 valence electrons. The van der Waals surface area contributed by atoms with Crippen molar-refractivity contribution < 1.29 is 9.47 Å². The highest BCUT2D eigenvalue weighted by Gasteiger charge is 2.17. The number of halogens is 3. The van der Waals surface area contributed by atoms with Gasteiger partial charge in [0.1, 0.15) is 12.4 Å². The van der Waals surface area contributed by atoms with E-state index in [0.717, 1.165) is 16.5 Å². The summed E-state index contributed by atoms with van der Waals surface area (Å²) in [5.74, 6) is 1.55. The zero-order chi connectivity index (χ0) is 26.5. The molecule has 0 bridgehead atoms. The van der Waals surface area contributed by atoms with Gasteiger partial charge in [0.2, 0.25) is 0 Å². The molecule has 6 nitrogen and oxygen atoms in total. The van der Waals surface area contributed by atoms with Gasteiger partial charge in [0.05, 0.1) is 28.7 Å². The van der Waals surface area contributed by atoms with E-state index in [9.17, 15) is 4.79 Å². The van der Waals surface area contributed by atoms with Crippen molar-refractivity contribution >= 4 is 56.2 Å². The fraction of sp³-hybridized carbons (Fsp3) is 0.250. The van der Waals surface area contributed by atoms with Crippen molar-refractivity contribution in [3.05, 3.63) is 96.4 Å². The lowest BCUT2D eigenvalue weighted by Gasteiger charge is -2.15. The van der Waals surface area contributed by atoms with Crippen LogP contribution in [0.15, 0.2) is 69.0 Å². The second-order valence-electron chi connectivity index (χ2n) is 8.48. The third-order valence-corrected chi connectivity index (χ3v) is 6.86. The molecule has 0 saturated carbocycles. The standard InChI is InChI=1S/C28H26BrCl2N3O3/c1-4-17(3)27-33-24-11-8-20(29)14-22(24)28(35)34(27)32-15-19-12-23(31)26(25(13-19)36-5-2)37-16-18-6-9-21(30)10-7-18/h6-15,17H,4-5,16H2,1-3H3/t17-/m0/s1. The number of rotatable bonds is 9. The summed E-state index contributed by atoms with van der Waals surface area (Å²) in [5.41, 5.74) is 2.00. The second-order valence-corrected chi connectivity index (χ2v) is 10.2. The first kappa shape index (κ1) is 27.2. The molecule has 1 aromatic heterocycles. The van der Waals surface area contributed by atoms with Gasteiger partial charge in [0.15, 0.2) is 11.5 Å². The zero-order valence-corrected chi connectivity index (χ0v) is 23.8. The van der Waals surface area contributed by atoms with Crippen LogP contribution in [0.25, 0.3) is 10.9 Å². The van der Waals surface area contributed by atoms with Crippen LogP contribution < -0.4 is 15.0 Å². The van der Waals surface area contributed by atoms with Crippen LogP contribution in [-0.4, -0.2) is 22.5 Å². The van der Waals surface area contributed by atoms with E-state index in [4.69, 9.17) is 37.7 Å². The van der Waals surface area contributed by atoms with Crippen LogP contribution in [0.3, 0.4) is 0 Å². The Morgan fingerprint density at radius 3 is 2.54 bits per heavy atom. The highest BCUT2D eigenvalue weighted by molar-refractivity contribution is 9.10. The topological polar surface area (TPSA) is 65.7 Å². The van der Waals surface area contributed by atoms with E-state index in [1.54, 1.807) is 36.5 Å². The lowest BCUT2D eigenvalue weighted by molar-refractivity contribution is 0.269. The summed E-state index contributed by atoms with van der Waals surface area (Å²) < 4.78 is 14.0. The van der Waals surface area contributed by atoms with Crippen molar-refractivity contribution in [2.24, 2.45) is 5.10 Å². The largest absolute Gasteiger partial charge is 0.490 e. The van der Waals surface area contributed by atoms with Crippen LogP contribution in [0.5, 0.6) is 11.5 Å². The van der Waals surface area contributed by atoms with E-state index >= 15 is 0 Å². The molecule has 0 aliphatic carbocycles. The van der Waals surface area contributed by atoms with Crippen molar-refractivity contribution in [3.8, 4) is 11.5 Å². The molecule has 37 heavy (non-hydrogen) atoms. The molecule has 4 aromatic rings. The van der Waals surface area contributed by atoms with Gasteiger partial charge < -0.3 is 9.47 Å². The number of fused-ring (bicyclic) bond motifs is 1. The number of hydrogen-bond acceptors (Lipinski definition) is 5. The van der Waals surface area contributed by atoms with Gasteiger partial charge in [-0.3, -0.25) is 4.79 Å². The molecule has 1 heterocycles. The van der Waals surface area contributed by atoms with Gasteiger partial charge in [-0.05, 0) is 66.9 Å². The quantitative estimate of drug-likeness (QED) is 0.183. The summed E-state index contributed by atoms with van der Waals surface area (Å²) in [5, 5.41) is 6.05. The first-order chi connectivity index (χ1) is 17.8. The highest BCUT2D eigenvalue weighted by atomic mass is 79.9. The zero-order valence-electron chi connectivity index (χ0n) is 20.7. The Morgan fingerprint density at radius 1 is 1.08 bits per heavy atom. The van der Waals surface area contributed by atoms with E-state index in [2.05, 4.69) is 21.0 Å². The van der Waals surface area contributed by atoms with Crippen LogP contribution in [0.2, 0.25) is 10.0 Å². The van der Waals surface area contributed by atoms with Gasteiger partial charge in [-0.1, -0.05) is 65.1 Å². The van der Waals surface area contributed by atoms with Crippen molar-refractivity contribution in [2.75, 3.05) is 6.61 Å². The maximum atomic E-state index is 13.4. The summed E-state index contributed by atoms with van der Waals surface area (Å²) in [4.78, 5) is 18.1. The van der Waals surface area contributed by atoms with E-state index in [-0.39, 0.29) is 11.5 Å². The third-order valence-electron chi connectivity index (χ3n) is 5.84. The molecule has 0 amide bonds. The maximum absolute atomic E-state index is 13.4. The molecule has 0 fully saturated rings. The Morgan fingerprint density at radius 2 is 1.84 bits per heavy atom. The number of nitrogens with zero attached hydrogens (tertiary/aromatic N) is 3. The SMILES string of the molecule is CCOc1cc(C=Nn2c([C@@H](C)CC)nc3ccc(Br)cc3c2=O)cc(Cl)c1OCc1ccc(Cl)cc1. The van der Waals surface area contributed by atoms with E-state index in [1.165, 1.54) is 4.68 Å². The average Bonchev–Trinajstić information content (AvgIpc) is 2.88. The van der Waals surface area contributed by atoms with Gasteiger partial charge in [-0.15, -0.1) is 0 Å². The van der Waals surface area contributed by atoms with Crippen LogP contribution in [-0.2, 0) is 6.61 Å². The number of ether oxygens (including phenoxy) is 2. The average molecular weight is 603 g/mol. The van der Waals surface area contributed by atoms with Gasteiger partial charge >= 0.3 is 0 Å². The Labute approximate surface area is 234 Å². The molecule has 0 N–H and O–H groups in total. The normalized spacial score (nSPS) is 12.3. The molecule has 0 spiro atoms.